The van der Waals surface area contributed by atoms with Gasteiger partial charge in [0.15, 0.2) is 6.10 Å². The summed E-state index contributed by atoms with van der Waals surface area (Å²) >= 11 is 0. The Morgan fingerprint density at radius 3 is 1.25 bits per heavy atom. The molecule has 0 heterocycles. The quantitative estimate of drug-likeness (QED) is 0.0197. The number of hydrogen-bond acceptors (Lipinski definition) is 10. The summed E-state index contributed by atoms with van der Waals surface area (Å²) < 4.78 is 39.2. The van der Waals surface area contributed by atoms with E-state index in [0.29, 0.717) is 19.3 Å². The lowest BCUT2D eigenvalue weighted by atomic mass is 10.1. The van der Waals surface area contributed by atoms with Gasteiger partial charge in [0.2, 0.25) is 0 Å². The molecule has 68 heavy (non-hydrogen) atoms. The van der Waals surface area contributed by atoms with Crippen LogP contribution in [0.1, 0.15) is 188 Å². The minimum atomic E-state index is -4.77. The van der Waals surface area contributed by atoms with Gasteiger partial charge in [-0.1, -0.05) is 182 Å². The van der Waals surface area contributed by atoms with E-state index < -0.39 is 64.4 Å². The van der Waals surface area contributed by atoms with Gasteiger partial charge in [0.25, 0.3) is 0 Å². The minimum absolute atomic E-state index is 0.0147. The normalized spacial score (nSPS) is 14.4. The summed E-state index contributed by atoms with van der Waals surface area (Å²) in [6.07, 6.45) is 58.0. The second-order valence-corrected chi connectivity index (χ2v) is 18.1. The highest BCUT2D eigenvalue weighted by Crippen LogP contribution is 2.43. The molecule has 0 rings (SSSR count). The molecule has 0 saturated carbocycles. The zero-order valence-electron chi connectivity index (χ0n) is 42.3. The molecule has 0 aliphatic heterocycles. The standard InChI is InChI=1S/C56H91O11P/c1-4-7-10-13-16-19-22-25-26-29-30-33-36-39-42-45-54(58)63-49-53(67-56(60)47-44-41-38-35-32-28-24-21-18-15-12-9-6-3)51-65-68(61,62)64-50-52(48-57)66-55(59)46-43-40-37-34-31-27-23-20-17-14-11-8-5-2/h7,10-12,14-16,19-21,23-26,30,33,39,42,52-53,57H,4-6,8-9,13,17-18,22,27-29,31-32,34-38,40-41,43-51H2,1-3H3,(H,61,62)/b10-7-,14-11-,15-12-,19-16-,23-20-,24-21-,26-25-,33-30-,42-39-. The van der Waals surface area contributed by atoms with E-state index in [1.54, 1.807) is 6.08 Å². The number of allylic oxidation sites excluding steroid dienone is 17. The number of aliphatic hydroxyl groups is 1. The van der Waals surface area contributed by atoms with Gasteiger partial charge in [0, 0.05) is 12.8 Å². The number of hydrogen-bond donors (Lipinski definition) is 2. The molecule has 3 atom stereocenters. The van der Waals surface area contributed by atoms with Crippen molar-refractivity contribution in [3.05, 3.63) is 109 Å². The molecule has 0 spiro atoms. The maximum Gasteiger partial charge on any atom is 0.472 e. The summed E-state index contributed by atoms with van der Waals surface area (Å²) in [7, 11) is -4.77. The summed E-state index contributed by atoms with van der Waals surface area (Å²) in [5.74, 6) is -1.66. The molecule has 0 radical (unpaired) electrons. The monoisotopic (exact) mass is 971 g/mol. The first-order chi connectivity index (χ1) is 33.2. The predicted octanol–water partition coefficient (Wildman–Crippen LogP) is 14.7. The van der Waals surface area contributed by atoms with Crippen molar-refractivity contribution in [2.24, 2.45) is 0 Å². The van der Waals surface area contributed by atoms with Crippen LogP contribution in [0.3, 0.4) is 0 Å². The van der Waals surface area contributed by atoms with E-state index in [-0.39, 0.29) is 19.3 Å². The first-order valence-electron chi connectivity index (χ1n) is 25.8. The van der Waals surface area contributed by atoms with Gasteiger partial charge in [-0.2, -0.15) is 0 Å². The summed E-state index contributed by atoms with van der Waals surface area (Å²) in [5, 5.41) is 9.77. The van der Waals surface area contributed by atoms with Gasteiger partial charge >= 0.3 is 25.7 Å². The molecule has 3 unspecified atom stereocenters. The van der Waals surface area contributed by atoms with Crippen LogP contribution in [0.15, 0.2) is 109 Å². The number of ether oxygens (including phenoxy) is 3. The van der Waals surface area contributed by atoms with Crippen molar-refractivity contribution in [2.45, 2.75) is 200 Å². The zero-order valence-corrected chi connectivity index (χ0v) is 43.2. The molecule has 0 fully saturated rings. The van der Waals surface area contributed by atoms with E-state index in [1.807, 2.05) is 12.2 Å². The second kappa shape index (κ2) is 49.6. The molecule has 11 nitrogen and oxygen atoms in total. The molecule has 0 aliphatic carbocycles. The van der Waals surface area contributed by atoms with Crippen molar-refractivity contribution in [1.82, 2.24) is 0 Å². The van der Waals surface area contributed by atoms with Crippen LogP contribution < -0.4 is 0 Å². The maximum atomic E-state index is 12.8. The smallest absolute Gasteiger partial charge is 0.461 e. The van der Waals surface area contributed by atoms with E-state index in [2.05, 4.69) is 112 Å². The van der Waals surface area contributed by atoms with Crippen molar-refractivity contribution in [3.8, 4) is 0 Å². The second-order valence-electron chi connectivity index (χ2n) is 16.6. The average molecular weight is 971 g/mol. The Kier molecular flexibility index (Phi) is 46.7. The van der Waals surface area contributed by atoms with E-state index in [0.717, 1.165) is 128 Å². The van der Waals surface area contributed by atoms with Crippen molar-refractivity contribution >= 4 is 25.7 Å². The number of carbonyl (C=O) groups is 3. The Labute approximate surface area is 412 Å². The summed E-state index contributed by atoms with van der Waals surface area (Å²) in [4.78, 5) is 48.2. The Bertz CT molecular complexity index is 1550. The molecule has 0 amide bonds. The Morgan fingerprint density at radius 2 is 0.809 bits per heavy atom. The Balaban J connectivity index is 4.89. The molecule has 12 heteroatoms. The highest BCUT2D eigenvalue weighted by atomic mass is 31.2. The molecular formula is C56H91O11P. The summed E-state index contributed by atoms with van der Waals surface area (Å²) in [6.45, 7) is 4.22. The number of carbonyl (C=O) groups excluding carboxylic acids is 3. The van der Waals surface area contributed by atoms with Gasteiger partial charge < -0.3 is 24.2 Å². The zero-order chi connectivity index (χ0) is 49.9. The molecule has 0 aliphatic rings. The summed E-state index contributed by atoms with van der Waals surface area (Å²) in [6, 6.07) is 0. The number of rotatable bonds is 46. The number of phosphoric ester groups is 1. The lowest BCUT2D eigenvalue weighted by Crippen LogP contribution is -2.30. The van der Waals surface area contributed by atoms with Crippen molar-refractivity contribution < 1.29 is 52.2 Å². The van der Waals surface area contributed by atoms with E-state index in [9.17, 15) is 28.9 Å². The van der Waals surface area contributed by atoms with Gasteiger partial charge in [0.1, 0.15) is 12.7 Å². The minimum Gasteiger partial charge on any atom is -0.461 e. The number of aliphatic hydroxyl groups excluding tert-OH is 1. The van der Waals surface area contributed by atoms with Gasteiger partial charge in [-0.3, -0.25) is 23.4 Å². The van der Waals surface area contributed by atoms with Crippen LogP contribution in [-0.4, -0.2) is 66.5 Å². The third-order valence-corrected chi connectivity index (χ3v) is 11.1. The lowest BCUT2D eigenvalue weighted by Gasteiger charge is -2.21. The van der Waals surface area contributed by atoms with Crippen LogP contribution in [0.5, 0.6) is 0 Å². The van der Waals surface area contributed by atoms with Gasteiger partial charge in [-0.15, -0.1) is 0 Å². The van der Waals surface area contributed by atoms with Crippen molar-refractivity contribution in [3.63, 3.8) is 0 Å². The van der Waals surface area contributed by atoms with E-state index >= 15 is 0 Å². The molecule has 0 aromatic rings. The molecule has 0 bridgehead atoms. The van der Waals surface area contributed by atoms with Crippen molar-refractivity contribution in [1.29, 1.82) is 0 Å². The van der Waals surface area contributed by atoms with Crippen LogP contribution in [0, 0.1) is 0 Å². The van der Waals surface area contributed by atoms with Crippen LogP contribution in [0.4, 0.5) is 0 Å². The average Bonchev–Trinajstić information content (AvgIpc) is 3.32. The molecule has 386 valence electrons. The van der Waals surface area contributed by atoms with Gasteiger partial charge in [-0.25, -0.2) is 4.57 Å². The fourth-order valence-electron chi connectivity index (χ4n) is 6.27. The Hall–Kier alpha value is -3.86. The predicted molar refractivity (Wildman–Crippen MR) is 279 cm³/mol. The molecule has 2 N–H and O–H groups in total. The van der Waals surface area contributed by atoms with Crippen LogP contribution >= 0.6 is 7.82 Å². The van der Waals surface area contributed by atoms with Crippen LogP contribution in [0.2, 0.25) is 0 Å². The van der Waals surface area contributed by atoms with Crippen LogP contribution in [0.25, 0.3) is 0 Å². The van der Waals surface area contributed by atoms with E-state index in [4.69, 9.17) is 23.3 Å². The number of unbranched alkanes of at least 4 members (excludes halogenated alkanes) is 12. The van der Waals surface area contributed by atoms with Crippen LogP contribution in [-0.2, 0) is 42.2 Å². The van der Waals surface area contributed by atoms with E-state index in [1.165, 1.54) is 0 Å². The molecule has 0 saturated heterocycles. The Morgan fingerprint density at radius 1 is 0.441 bits per heavy atom. The maximum absolute atomic E-state index is 12.8. The lowest BCUT2D eigenvalue weighted by molar-refractivity contribution is -0.161. The van der Waals surface area contributed by atoms with Crippen molar-refractivity contribution in [2.75, 3.05) is 26.4 Å². The fourth-order valence-corrected chi connectivity index (χ4v) is 7.05. The third-order valence-electron chi connectivity index (χ3n) is 10.1. The molecular weight excluding hydrogens is 880 g/mol. The topological polar surface area (TPSA) is 155 Å². The fraction of sp³-hybridized carbons (Fsp3) is 0.625. The SMILES string of the molecule is CC/C=C\C/C=C\C/C=C\C/C=C\C/C=C\CC(=O)OCC(COP(=O)(O)OCC(CO)OC(=O)CCCCCCC/C=C\C/C=C\CCC)OC(=O)CCCCCCC/C=C\C/C=C\CCC. The van der Waals surface area contributed by atoms with Gasteiger partial charge in [0.05, 0.1) is 26.2 Å². The first kappa shape index (κ1) is 64.1. The highest BCUT2D eigenvalue weighted by molar-refractivity contribution is 7.47. The highest BCUT2D eigenvalue weighted by Gasteiger charge is 2.28. The number of esters is 3. The number of phosphoric acid groups is 1. The largest absolute Gasteiger partial charge is 0.472 e. The molecule has 0 aromatic carbocycles. The third kappa shape index (κ3) is 47.2. The molecule has 0 aromatic heterocycles. The first-order valence-corrected chi connectivity index (χ1v) is 27.3. The van der Waals surface area contributed by atoms with Gasteiger partial charge in [-0.05, 0) is 96.3 Å². The summed E-state index contributed by atoms with van der Waals surface area (Å²) in [5.41, 5.74) is 0.